The van der Waals surface area contributed by atoms with Gasteiger partial charge >= 0.3 is 0 Å². The van der Waals surface area contributed by atoms with E-state index in [9.17, 15) is 4.79 Å². The zero-order valence-electron chi connectivity index (χ0n) is 17.0. The molecule has 1 saturated heterocycles. The van der Waals surface area contributed by atoms with Crippen LogP contribution in [0.3, 0.4) is 0 Å². The number of hydrogen-bond donors (Lipinski definition) is 0. The first-order valence-electron chi connectivity index (χ1n) is 10.8. The predicted molar refractivity (Wildman–Crippen MR) is 111 cm³/mol. The van der Waals surface area contributed by atoms with Gasteiger partial charge in [-0.3, -0.25) is 9.69 Å². The van der Waals surface area contributed by atoms with Gasteiger partial charge in [-0.15, -0.1) is 0 Å². The van der Waals surface area contributed by atoms with Crippen LogP contribution >= 0.6 is 0 Å². The van der Waals surface area contributed by atoms with Crippen molar-refractivity contribution in [2.75, 3.05) is 19.6 Å². The van der Waals surface area contributed by atoms with Gasteiger partial charge in [0.05, 0.1) is 6.54 Å². The van der Waals surface area contributed by atoms with Gasteiger partial charge in [0.2, 0.25) is 5.91 Å². The summed E-state index contributed by atoms with van der Waals surface area (Å²) >= 11 is 0. The number of carbonyl (C=O) groups is 1. The molecule has 0 atom stereocenters. The Morgan fingerprint density at radius 3 is 2.71 bits per heavy atom. The molecule has 2 aliphatic rings. The number of likely N-dealkylation sites (tertiary alicyclic amines) is 1. The molecule has 0 aliphatic carbocycles. The normalized spacial score (nSPS) is 18.2. The molecule has 0 radical (unpaired) electrons. The summed E-state index contributed by atoms with van der Waals surface area (Å²) < 4.78 is 2.22. The minimum absolute atomic E-state index is 0.335. The number of rotatable bonds is 6. The lowest BCUT2D eigenvalue weighted by Crippen LogP contribution is -2.37. The third-order valence-corrected chi connectivity index (χ3v) is 6.46. The van der Waals surface area contributed by atoms with Crippen molar-refractivity contribution in [3.63, 3.8) is 0 Å². The number of imidazole rings is 1. The Morgan fingerprint density at radius 1 is 1.14 bits per heavy atom. The van der Waals surface area contributed by atoms with E-state index in [4.69, 9.17) is 0 Å². The molecule has 2 aromatic rings. The summed E-state index contributed by atoms with van der Waals surface area (Å²) in [6.45, 7) is 7.98. The number of aryl methyl sites for hydroxylation is 1. The molecule has 3 heterocycles. The van der Waals surface area contributed by atoms with Crippen molar-refractivity contribution in [3.05, 3.63) is 53.6 Å². The number of nitrogens with zero attached hydrogens (tertiary/aromatic N) is 4. The van der Waals surface area contributed by atoms with E-state index in [1.165, 1.54) is 29.8 Å². The molecule has 1 aromatic heterocycles. The highest BCUT2D eigenvalue weighted by molar-refractivity contribution is 5.76. The molecule has 4 rings (SSSR count). The van der Waals surface area contributed by atoms with Crippen molar-refractivity contribution < 1.29 is 4.79 Å². The van der Waals surface area contributed by atoms with Crippen LogP contribution in [0.5, 0.6) is 0 Å². The Morgan fingerprint density at radius 2 is 1.93 bits per heavy atom. The van der Waals surface area contributed by atoms with Crippen molar-refractivity contribution in [3.8, 4) is 0 Å². The Kier molecular flexibility index (Phi) is 6.10. The van der Waals surface area contributed by atoms with Crippen LogP contribution in [0.25, 0.3) is 0 Å². The fraction of sp³-hybridized carbons (Fsp3) is 0.565. The summed E-state index contributed by atoms with van der Waals surface area (Å²) in [5, 5.41) is 0. The largest absolute Gasteiger partial charge is 0.338 e. The smallest absolute Gasteiger partial charge is 0.222 e. The SMILES string of the molecule is CCn1ccnc1CN1CCC(CCC(=O)N2CCc3ccccc3C2)CC1. The molecule has 0 spiro atoms. The second kappa shape index (κ2) is 8.91. The van der Waals surface area contributed by atoms with E-state index in [1.54, 1.807) is 0 Å². The third kappa shape index (κ3) is 4.46. The summed E-state index contributed by atoms with van der Waals surface area (Å²) in [6, 6.07) is 8.53. The second-order valence-corrected chi connectivity index (χ2v) is 8.22. The van der Waals surface area contributed by atoms with Crippen molar-refractivity contribution in [1.82, 2.24) is 19.4 Å². The minimum Gasteiger partial charge on any atom is -0.338 e. The molecule has 150 valence electrons. The first kappa shape index (κ1) is 19.2. The first-order chi connectivity index (χ1) is 13.7. The lowest BCUT2D eigenvalue weighted by Gasteiger charge is -2.33. The standard InChI is InChI=1S/C23H32N4O/c1-2-26-16-12-24-22(26)18-25-13-9-19(10-14-25)7-8-23(28)27-15-11-20-5-3-4-6-21(20)17-27/h3-6,12,16,19H,2,7-11,13-15,17-18H2,1H3. The maximum absolute atomic E-state index is 12.7. The van der Waals surface area contributed by atoms with Crippen LogP contribution in [0.15, 0.2) is 36.7 Å². The van der Waals surface area contributed by atoms with E-state index in [-0.39, 0.29) is 0 Å². The Labute approximate surface area is 168 Å². The molecule has 28 heavy (non-hydrogen) atoms. The van der Waals surface area contributed by atoms with Gasteiger partial charge < -0.3 is 9.47 Å². The van der Waals surface area contributed by atoms with E-state index >= 15 is 0 Å². The van der Waals surface area contributed by atoms with Crippen LogP contribution in [-0.4, -0.2) is 44.9 Å². The average molecular weight is 381 g/mol. The number of amides is 1. The van der Waals surface area contributed by atoms with Gasteiger partial charge in [0.15, 0.2) is 0 Å². The van der Waals surface area contributed by atoms with Crippen molar-refractivity contribution in [2.24, 2.45) is 5.92 Å². The molecule has 5 nitrogen and oxygen atoms in total. The monoisotopic (exact) mass is 380 g/mol. The lowest BCUT2D eigenvalue weighted by molar-refractivity contribution is -0.132. The molecule has 1 aromatic carbocycles. The highest BCUT2D eigenvalue weighted by atomic mass is 16.2. The number of fused-ring (bicyclic) bond motifs is 1. The van der Waals surface area contributed by atoms with Crippen molar-refractivity contribution >= 4 is 5.91 Å². The summed E-state index contributed by atoms with van der Waals surface area (Å²) in [7, 11) is 0. The molecule has 2 aliphatic heterocycles. The second-order valence-electron chi connectivity index (χ2n) is 8.22. The molecular weight excluding hydrogens is 348 g/mol. The van der Waals surface area contributed by atoms with Crippen LogP contribution < -0.4 is 0 Å². The summed E-state index contributed by atoms with van der Waals surface area (Å²) in [5.74, 6) is 2.19. The summed E-state index contributed by atoms with van der Waals surface area (Å²) in [4.78, 5) is 21.8. The van der Waals surface area contributed by atoms with Crippen molar-refractivity contribution in [1.29, 1.82) is 0 Å². The molecule has 5 heteroatoms. The predicted octanol–water partition coefficient (Wildman–Crippen LogP) is 3.48. The number of piperidine rings is 1. The van der Waals surface area contributed by atoms with Crippen LogP contribution in [0.2, 0.25) is 0 Å². The van der Waals surface area contributed by atoms with Gasteiger partial charge in [0.1, 0.15) is 5.82 Å². The summed E-state index contributed by atoms with van der Waals surface area (Å²) in [6.07, 6.45) is 9.09. The van der Waals surface area contributed by atoms with Crippen LogP contribution in [0, 0.1) is 5.92 Å². The van der Waals surface area contributed by atoms with E-state index in [1.807, 2.05) is 6.20 Å². The number of benzene rings is 1. The minimum atomic E-state index is 0.335. The molecule has 1 amide bonds. The fourth-order valence-corrected chi connectivity index (χ4v) is 4.61. The zero-order chi connectivity index (χ0) is 19.3. The topological polar surface area (TPSA) is 41.4 Å². The summed E-state index contributed by atoms with van der Waals surface area (Å²) in [5.41, 5.74) is 2.73. The quantitative estimate of drug-likeness (QED) is 0.770. The van der Waals surface area contributed by atoms with Crippen LogP contribution in [0.1, 0.15) is 49.6 Å². The van der Waals surface area contributed by atoms with Gasteiger partial charge in [-0.2, -0.15) is 0 Å². The maximum Gasteiger partial charge on any atom is 0.222 e. The molecule has 0 bridgehead atoms. The highest BCUT2D eigenvalue weighted by Crippen LogP contribution is 2.25. The molecule has 0 N–H and O–H groups in total. The molecular formula is C23H32N4O. The van der Waals surface area contributed by atoms with E-state index in [0.717, 1.165) is 52.1 Å². The Bertz CT molecular complexity index is 791. The Hall–Kier alpha value is -2.14. The Balaban J connectivity index is 1.20. The number of aromatic nitrogens is 2. The van der Waals surface area contributed by atoms with E-state index in [0.29, 0.717) is 18.2 Å². The number of carbonyl (C=O) groups excluding carboxylic acids is 1. The van der Waals surface area contributed by atoms with Gasteiger partial charge in [-0.05, 0) is 62.7 Å². The highest BCUT2D eigenvalue weighted by Gasteiger charge is 2.24. The van der Waals surface area contributed by atoms with Gasteiger partial charge in [0.25, 0.3) is 0 Å². The van der Waals surface area contributed by atoms with Gasteiger partial charge in [0, 0.05) is 38.4 Å². The van der Waals surface area contributed by atoms with Crippen LogP contribution in [-0.2, 0) is 30.8 Å². The number of hydrogen-bond acceptors (Lipinski definition) is 3. The molecule has 0 saturated carbocycles. The maximum atomic E-state index is 12.7. The fourth-order valence-electron chi connectivity index (χ4n) is 4.61. The van der Waals surface area contributed by atoms with Gasteiger partial charge in [-0.25, -0.2) is 4.98 Å². The third-order valence-electron chi connectivity index (χ3n) is 6.46. The van der Waals surface area contributed by atoms with Crippen LogP contribution in [0.4, 0.5) is 0 Å². The lowest BCUT2D eigenvalue weighted by atomic mass is 9.91. The van der Waals surface area contributed by atoms with E-state index < -0.39 is 0 Å². The average Bonchev–Trinajstić information content (AvgIpc) is 3.19. The zero-order valence-corrected chi connectivity index (χ0v) is 17.0. The first-order valence-corrected chi connectivity index (χ1v) is 10.8. The van der Waals surface area contributed by atoms with Crippen molar-refractivity contribution in [2.45, 2.75) is 58.7 Å². The van der Waals surface area contributed by atoms with Gasteiger partial charge in [-0.1, -0.05) is 24.3 Å². The molecule has 1 fully saturated rings. The molecule has 0 unspecified atom stereocenters. The van der Waals surface area contributed by atoms with E-state index in [2.05, 4.69) is 56.7 Å².